The Morgan fingerprint density at radius 1 is 1.41 bits per heavy atom. The van der Waals surface area contributed by atoms with E-state index in [-0.39, 0.29) is 6.04 Å². The van der Waals surface area contributed by atoms with E-state index in [1.807, 2.05) is 12.3 Å². The van der Waals surface area contributed by atoms with Gasteiger partial charge >= 0.3 is 0 Å². The van der Waals surface area contributed by atoms with E-state index in [2.05, 4.69) is 18.0 Å². The van der Waals surface area contributed by atoms with Crippen molar-refractivity contribution < 1.29 is 0 Å². The van der Waals surface area contributed by atoms with Gasteiger partial charge in [-0.1, -0.05) is 12.5 Å². The minimum absolute atomic E-state index is 0.139. The molecule has 17 heavy (non-hydrogen) atoms. The van der Waals surface area contributed by atoms with Crippen LogP contribution in [0.1, 0.15) is 49.4 Å². The molecule has 2 saturated carbocycles. The van der Waals surface area contributed by atoms with Crippen LogP contribution in [0.25, 0.3) is 0 Å². The van der Waals surface area contributed by atoms with E-state index >= 15 is 0 Å². The van der Waals surface area contributed by atoms with Crippen molar-refractivity contribution >= 4 is 0 Å². The van der Waals surface area contributed by atoms with Gasteiger partial charge in [-0.25, -0.2) is 0 Å². The first-order valence-corrected chi connectivity index (χ1v) is 6.91. The van der Waals surface area contributed by atoms with Crippen LogP contribution in [-0.4, -0.2) is 4.98 Å². The van der Waals surface area contributed by atoms with Gasteiger partial charge in [-0.15, -0.1) is 0 Å². The maximum Gasteiger partial charge on any atom is 0.0600 e. The molecule has 2 nitrogen and oxygen atoms in total. The van der Waals surface area contributed by atoms with Crippen molar-refractivity contribution in [2.24, 2.45) is 23.5 Å². The van der Waals surface area contributed by atoms with Gasteiger partial charge in [-0.05, 0) is 62.0 Å². The largest absolute Gasteiger partial charge is 0.323 e. The number of rotatable bonds is 3. The van der Waals surface area contributed by atoms with E-state index in [0.717, 1.165) is 29.9 Å². The molecule has 2 N–H and O–H groups in total. The number of nitrogens with zero attached hydrogens (tertiary/aromatic N) is 1. The highest BCUT2D eigenvalue weighted by atomic mass is 14.8. The van der Waals surface area contributed by atoms with Crippen LogP contribution < -0.4 is 5.73 Å². The first-order valence-electron chi connectivity index (χ1n) is 6.91. The monoisotopic (exact) mass is 230 g/mol. The lowest BCUT2D eigenvalue weighted by Crippen LogP contribution is -2.21. The Hall–Kier alpha value is -0.890. The highest BCUT2D eigenvalue weighted by Crippen LogP contribution is 2.50. The molecule has 0 radical (unpaired) electrons. The van der Waals surface area contributed by atoms with Crippen LogP contribution in [0.3, 0.4) is 0 Å². The minimum atomic E-state index is 0.139. The third-order valence-electron chi connectivity index (χ3n) is 4.84. The Kier molecular flexibility index (Phi) is 2.91. The molecule has 2 heteroatoms. The number of pyridine rings is 1. The quantitative estimate of drug-likeness (QED) is 0.866. The molecule has 0 spiro atoms. The van der Waals surface area contributed by atoms with Gasteiger partial charge in [-0.2, -0.15) is 0 Å². The molecule has 4 unspecified atom stereocenters. The van der Waals surface area contributed by atoms with Gasteiger partial charge in [0.25, 0.3) is 0 Å². The van der Waals surface area contributed by atoms with Crippen LogP contribution in [0.2, 0.25) is 0 Å². The van der Waals surface area contributed by atoms with Crippen molar-refractivity contribution in [3.8, 4) is 0 Å². The number of nitrogens with two attached hydrogens (primary N) is 1. The highest BCUT2D eigenvalue weighted by molar-refractivity contribution is 5.20. The molecule has 2 bridgehead atoms. The van der Waals surface area contributed by atoms with Crippen molar-refractivity contribution in [2.45, 2.75) is 45.1 Å². The molecule has 3 rings (SSSR count). The van der Waals surface area contributed by atoms with Gasteiger partial charge in [0.2, 0.25) is 0 Å². The number of hydrogen-bond donors (Lipinski definition) is 1. The molecule has 1 heterocycles. The molecule has 1 aromatic heterocycles. The summed E-state index contributed by atoms with van der Waals surface area (Å²) in [6.07, 6.45) is 8.81. The molecule has 1 aromatic rings. The Labute approximate surface area is 104 Å². The smallest absolute Gasteiger partial charge is 0.0600 e. The van der Waals surface area contributed by atoms with Gasteiger partial charge in [0, 0.05) is 12.2 Å². The van der Waals surface area contributed by atoms with E-state index < -0.39 is 0 Å². The van der Waals surface area contributed by atoms with Gasteiger partial charge in [0.1, 0.15) is 0 Å². The Balaban J connectivity index is 1.68. The average molecular weight is 230 g/mol. The zero-order valence-electron chi connectivity index (χ0n) is 10.6. The number of aromatic nitrogens is 1. The van der Waals surface area contributed by atoms with Crippen LogP contribution in [0, 0.1) is 24.7 Å². The van der Waals surface area contributed by atoms with Gasteiger partial charge in [0.15, 0.2) is 0 Å². The predicted octanol–water partition coefficient (Wildman–Crippen LogP) is 3.22. The molecule has 0 aromatic carbocycles. The minimum Gasteiger partial charge on any atom is -0.323 e. The predicted molar refractivity (Wildman–Crippen MR) is 69.5 cm³/mol. The van der Waals surface area contributed by atoms with Crippen LogP contribution in [0.15, 0.2) is 18.3 Å². The van der Waals surface area contributed by atoms with Crippen LogP contribution in [0.5, 0.6) is 0 Å². The third-order valence-corrected chi connectivity index (χ3v) is 4.84. The summed E-state index contributed by atoms with van der Waals surface area (Å²) >= 11 is 0. The summed E-state index contributed by atoms with van der Waals surface area (Å²) in [6.45, 7) is 2.11. The molecule has 92 valence electrons. The molecule has 0 amide bonds. The topological polar surface area (TPSA) is 38.9 Å². The second kappa shape index (κ2) is 4.41. The van der Waals surface area contributed by atoms with E-state index in [1.54, 1.807) is 0 Å². The normalized spacial score (nSPS) is 32.9. The molecule has 2 fully saturated rings. The number of aryl methyl sites for hydroxylation is 1. The zero-order valence-corrected chi connectivity index (χ0v) is 10.6. The summed E-state index contributed by atoms with van der Waals surface area (Å²) in [5.41, 5.74) is 8.69. The first-order chi connectivity index (χ1) is 8.24. The maximum atomic E-state index is 6.34. The molecule has 4 atom stereocenters. The second-order valence-corrected chi connectivity index (χ2v) is 5.98. The van der Waals surface area contributed by atoms with Crippen molar-refractivity contribution in [1.82, 2.24) is 4.98 Å². The van der Waals surface area contributed by atoms with E-state index in [9.17, 15) is 0 Å². The molecule has 0 saturated heterocycles. The van der Waals surface area contributed by atoms with E-state index in [4.69, 9.17) is 5.73 Å². The summed E-state index contributed by atoms with van der Waals surface area (Å²) in [5, 5.41) is 0. The van der Waals surface area contributed by atoms with Gasteiger partial charge < -0.3 is 5.73 Å². The summed E-state index contributed by atoms with van der Waals surface area (Å²) in [6, 6.07) is 4.24. The first kappa shape index (κ1) is 11.2. The third kappa shape index (κ3) is 2.11. The fourth-order valence-corrected chi connectivity index (χ4v) is 3.99. The van der Waals surface area contributed by atoms with E-state index in [1.165, 1.54) is 31.2 Å². The zero-order chi connectivity index (χ0) is 11.8. The average Bonchev–Trinajstić information content (AvgIpc) is 2.91. The van der Waals surface area contributed by atoms with Crippen LogP contribution >= 0.6 is 0 Å². The molecular weight excluding hydrogens is 208 g/mol. The van der Waals surface area contributed by atoms with Crippen molar-refractivity contribution in [2.75, 3.05) is 0 Å². The fourth-order valence-electron chi connectivity index (χ4n) is 3.99. The van der Waals surface area contributed by atoms with Crippen LogP contribution in [0.4, 0.5) is 0 Å². The lowest BCUT2D eigenvalue weighted by molar-refractivity contribution is 0.294. The van der Waals surface area contributed by atoms with Crippen molar-refractivity contribution in [3.05, 3.63) is 29.6 Å². The van der Waals surface area contributed by atoms with Crippen molar-refractivity contribution in [3.63, 3.8) is 0 Å². The molecule has 2 aliphatic rings. The fraction of sp³-hybridized carbons (Fsp3) is 0.667. The number of fused-ring (bicyclic) bond motifs is 2. The van der Waals surface area contributed by atoms with E-state index in [0.29, 0.717) is 0 Å². The Bertz CT molecular complexity index is 402. The Morgan fingerprint density at radius 3 is 2.94 bits per heavy atom. The Morgan fingerprint density at radius 2 is 2.29 bits per heavy atom. The molecule has 2 aliphatic carbocycles. The standard InChI is InChI=1S/C15H22N2/c1-10-3-2-6-17-15(10)14(16)9-13-8-11-4-5-12(13)7-11/h2-3,6,11-14H,4-5,7-9,16H2,1H3. The lowest BCUT2D eigenvalue weighted by Gasteiger charge is -2.25. The summed E-state index contributed by atoms with van der Waals surface area (Å²) in [5.74, 6) is 2.85. The summed E-state index contributed by atoms with van der Waals surface area (Å²) < 4.78 is 0. The van der Waals surface area contributed by atoms with Gasteiger partial charge in [-0.3, -0.25) is 4.98 Å². The lowest BCUT2D eigenvalue weighted by atomic mass is 9.83. The maximum absolute atomic E-state index is 6.34. The molecular formula is C15H22N2. The number of hydrogen-bond acceptors (Lipinski definition) is 2. The van der Waals surface area contributed by atoms with Gasteiger partial charge in [0.05, 0.1) is 5.69 Å². The van der Waals surface area contributed by atoms with Crippen LogP contribution in [-0.2, 0) is 0 Å². The van der Waals surface area contributed by atoms with Crippen molar-refractivity contribution in [1.29, 1.82) is 0 Å². The summed E-state index contributed by atoms with van der Waals surface area (Å²) in [7, 11) is 0. The second-order valence-electron chi connectivity index (χ2n) is 5.98. The SMILES string of the molecule is Cc1cccnc1C(N)CC1CC2CCC1C2. The highest BCUT2D eigenvalue weighted by Gasteiger charge is 2.40. The molecule has 0 aliphatic heterocycles. The summed E-state index contributed by atoms with van der Waals surface area (Å²) in [4.78, 5) is 4.46.